The molecule has 2 unspecified atom stereocenters. The maximum Gasteiger partial charge on any atom is 0.324 e. The topological polar surface area (TPSA) is 63.6 Å². The zero-order valence-electron chi connectivity index (χ0n) is 14.7. The maximum absolute atomic E-state index is 12.6. The third-order valence-corrected chi connectivity index (χ3v) is 4.08. The number of carboxylic acid groups (broad SMARTS) is 1. The lowest BCUT2D eigenvalue weighted by Gasteiger charge is -2.39. The van der Waals surface area contributed by atoms with E-state index in [1.54, 1.807) is 20.8 Å². The maximum atomic E-state index is 12.6. The van der Waals surface area contributed by atoms with Gasteiger partial charge in [-0.05, 0) is 37.5 Å². The fourth-order valence-electron chi connectivity index (χ4n) is 2.58. The van der Waals surface area contributed by atoms with Gasteiger partial charge in [-0.1, -0.05) is 48.0 Å². The van der Waals surface area contributed by atoms with Crippen LogP contribution in [0.1, 0.15) is 74.1 Å². The summed E-state index contributed by atoms with van der Waals surface area (Å²) < 4.78 is 5.49. The number of hydrogen-bond acceptors (Lipinski definition) is 3. The van der Waals surface area contributed by atoms with E-state index in [1.165, 1.54) is 0 Å². The standard InChI is InChI=1S/C17H32O4/c1-8-11-17(14(18)19,16(5,6)7)15(20)21-13(4)10-9-12(2)3/h12-13H,8-11H2,1-7H3,(H,18,19). The lowest BCUT2D eigenvalue weighted by Crippen LogP contribution is -2.51. The van der Waals surface area contributed by atoms with Gasteiger partial charge in [0.2, 0.25) is 0 Å². The highest BCUT2D eigenvalue weighted by Gasteiger charge is 2.56. The molecule has 0 aromatic rings. The first-order valence-electron chi connectivity index (χ1n) is 7.93. The van der Waals surface area contributed by atoms with Crippen molar-refractivity contribution in [2.45, 2.75) is 80.3 Å². The minimum absolute atomic E-state index is 0.252. The second-order valence-corrected chi connectivity index (χ2v) is 7.40. The fourth-order valence-corrected chi connectivity index (χ4v) is 2.58. The molecule has 0 aromatic heterocycles. The molecule has 0 spiro atoms. The Bertz CT molecular complexity index is 354. The number of ether oxygens (including phenoxy) is 1. The smallest absolute Gasteiger partial charge is 0.324 e. The summed E-state index contributed by atoms with van der Waals surface area (Å²) in [5, 5.41) is 9.69. The molecule has 21 heavy (non-hydrogen) atoms. The van der Waals surface area contributed by atoms with Crippen LogP contribution in [0.3, 0.4) is 0 Å². The van der Waals surface area contributed by atoms with Gasteiger partial charge in [-0.25, -0.2) is 0 Å². The molecule has 4 nitrogen and oxygen atoms in total. The summed E-state index contributed by atoms with van der Waals surface area (Å²) in [5.41, 5.74) is -2.17. The largest absolute Gasteiger partial charge is 0.480 e. The Morgan fingerprint density at radius 3 is 1.95 bits per heavy atom. The summed E-state index contributed by atoms with van der Waals surface area (Å²) in [4.78, 5) is 24.4. The van der Waals surface area contributed by atoms with E-state index < -0.39 is 22.8 Å². The SMILES string of the molecule is CCCC(C(=O)O)(C(=O)OC(C)CCC(C)C)C(C)(C)C. The molecule has 0 aromatic carbocycles. The summed E-state index contributed by atoms with van der Waals surface area (Å²) in [6.07, 6.45) is 2.38. The molecule has 2 atom stereocenters. The number of hydrogen-bond donors (Lipinski definition) is 1. The van der Waals surface area contributed by atoms with E-state index >= 15 is 0 Å². The van der Waals surface area contributed by atoms with Gasteiger partial charge in [-0.15, -0.1) is 0 Å². The van der Waals surface area contributed by atoms with E-state index in [2.05, 4.69) is 13.8 Å². The highest BCUT2D eigenvalue weighted by molar-refractivity contribution is 6.00. The molecular formula is C17H32O4. The van der Waals surface area contributed by atoms with Gasteiger partial charge in [0.05, 0.1) is 6.10 Å². The highest BCUT2D eigenvalue weighted by Crippen LogP contribution is 2.44. The van der Waals surface area contributed by atoms with Crippen molar-refractivity contribution < 1.29 is 19.4 Å². The van der Waals surface area contributed by atoms with Gasteiger partial charge in [-0.3, -0.25) is 9.59 Å². The normalized spacial score (nSPS) is 16.4. The van der Waals surface area contributed by atoms with Crippen molar-refractivity contribution in [2.24, 2.45) is 16.7 Å². The van der Waals surface area contributed by atoms with Crippen molar-refractivity contribution in [1.82, 2.24) is 0 Å². The van der Waals surface area contributed by atoms with Gasteiger partial charge in [0.1, 0.15) is 0 Å². The number of carbonyl (C=O) groups excluding carboxylic acids is 1. The minimum atomic E-state index is -1.48. The van der Waals surface area contributed by atoms with Crippen molar-refractivity contribution in [3.63, 3.8) is 0 Å². The molecule has 0 rings (SSSR count). The Morgan fingerprint density at radius 1 is 1.10 bits per heavy atom. The molecule has 0 aliphatic rings. The summed E-state index contributed by atoms with van der Waals surface area (Å²) in [6.45, 7) is 13.3. The highest BCUT2D eigenvalue weighted by atomic mass is 16.5. The number of carboxylic acids is 1. The molecule has 0 saturated carbocycles. The van der Waals surface area contributed by atoms with Crippen LogP contribution in [0.4, 0.5) is 0 Å². The molecule has 1 N–H and O–H groups in total. The predicted octanol–water partition coefficient (Wildman–Crippen LogP) is 4.27. The summed E-state index contributed by atoms with van der Waals surface area (Å²) in [6, 6.07) is 0. The molecule has 4 heteroatoms. The summed E-state index contributed by atoms with van der Waals surface area (Å²) >= 11 is 0. The molecule has 0 fully saturated rings. The fraction of sp³-hybridized carbons (Fsp3) is 0.882. The second kappa shape index (κ2) is 7.81. The Hall–Kier alpha value is -1.06. The van der Waals surface area contributed by atoms with E-state index in [0.717, 1.165) is 12.8 Å². The van der Waals surface area contributed by atoms with Crippen LogP contribution in [-0.4, -0.2) is 23.1 Å². The van der Waals surface area contributed by atoms with Crippen LogP contribution in [0, 0.1) is 16.7 Å². The molecule has 0 saturated heterocycles. The quantitative estimate of drug-likeness (QED) is 0.537. The van der Waals surface area contributed by atoms with Crippen molar-refractivity contribution in [3.8, 4) is 0 Å². The minimum Gasteiger partial charge on any atom is -0.480 e. The van der Waals surface area contributed by atoms with Crippen LogP contribution in [-0.2, 0) is 14.3 Å². The third kappa shape index (κ3) is 5.01. The lowest BCUT2D eigenvalue weighted by atomic mass is 9.64. The Morgan fingerprint density at radius 2 is 1.62 bits per heavy atom. The lowest BCUT2D eigenvalue weighted by molar-refractivity contribution is -0.182. The van der Waals surface area contributed by atoms with Gasteiger partial charge in [0.15, 0.2) is 5.41 Å². The molecule has 0 bridgehead atoms. The summed E-state index contributed by atoms with van der Waals surface area (Å²) in [7, 11) is 0. The first-order chi connectivity index (χ1) is 9.49. The van der Waals surface area contributed by atoms with Crippen LogP contribution in [0.5, 0.6) is 0 Å². The molecule has 0 heterocycles. The van der Waals surface area contributed by atoms with Gasteiger partial charge in [0, 0.05) is 0 Å². The van der Waals surface area contributed by atoms with E-state index in [0.29, 0.717) is 18.8 Å². The average molecular weight is 300 g/mol. The second-order valence-electron chi connectivity index (χ2n) is 7.40. The molecule has 0 amide bonds. The van der Waals surface area contributed by atoms with E-state index in [9.17, 15) is 14.7 Å². The predicted molar refractivity (Wildman–Crippen MR) is 84.1 cm³/mol. The van der Waals surface area contributed by atoms with Gasteiger partial charge < -0.3 is 9.84 Å². The van der Waals surface area contributed by atoms with Crippen molar-refractivity contribution in [3.05, 3.63) is 0 Å². The number of carbonyl (C=O) groups is 2. The van der Waals surface area contributed by atoms with Crippen LogP contribution < -0.4 is 0 Å². The van der Waals surface area contributed by atoms with Crippen LogP contribution >= 0.6 is 0 Å². The first kappa shape index (κ1) is 19.9. The molecule has 0 aliphatic heterocycles. The van der Waals surface area contributed by atoms with Crippen LogP contribution in [0.25, 0.3) is 0 Å². The number of esters is 1. The number of aliphatic carboxylic acids is 1. The van der Waals surface area contributed by atoms with Crippen molar-refractivity contribution in [1.29, 1.82) is 0 Å². The molecular weight excluding hydrogens is 268 g/mol. The Kier molecular flexibility index (Phi) is 7.41. The van der Waals surface area contributed by atoms with Gasteiger partial charge in [-0.2, -0.15) is 0 Å². The zero-order chi connectivity index (χ0) is 16.8. The van der Waals surface area contributed by atoms with Crippen molar-refractivity contribution in [2.75, 3.05) is 0 Å². The van der Waals surface area contributed by atoms with E-state index in [-0.39, 0.29) is 6.10 Å². The van der Waals surface area contributed by atoms with E-state index in [1.807, 2.05) is 13.8 Å². The zero-order valence-corrected chi connectivity index (χ0v) is 14.7. The van der Waals surface area contributed by atoms with Crippen LogP contribution in [0.15, 0.2) is 0 Å². The van der Waals surface area contributed by atoms with Gasteiger partial charge >= 0.3 is 11.9 Å². The van der Waals surface area contributed by atoms with Crippen LogP contribution in [0.2, 0.25) is 0 Å². The van der Waals surface area contributed by atoms with Gasteiger partial charge in [0.25, 0.3) is 0 Å². The number of rotatable bonds is 8. The molecule has 124 valence electrons. The average Bonchev–Trinajstić information content (AvgIpc) is 2.30. The van der Waals surface area contributed by atoms with E-state index in [4.69, 9.17) is 4.74 Å². The monoisotopic (exact) mass is 300 g/mol. The third-order valence-electron chi connectivity index (χ3n) is 4.08. The molecule has 0 radical (unpaired) electrons. The summed E-state index contributed by atoms with van der Waals surface area (Å²) in [5.74, 6) is -1.15. The Balaban J connectivity index is 5.18. The Labute approximate surface area is 129 Å². The first-order valence-corrected chi connectivity index (χ1v) is 7.93. The molecule has 0 aliphatic carbocycles. The van der Waals surface area contributed by atoms with Crippen molar-refractivity contribution >= 4 is 11.9 Å².